The molecule has 1 aromatic heterocycles. The summed E-state index contributed by atoms with van der Waals surface area (Å²) in [7, 11) is 5.46. The molecule has 128 valence electrons. The number of anilines is 1. The van der Waals surface area contributed by atoms with Crippen LogP contribution in [-0.4, -0.2) is 66.1 Å². The molecule has 1 aromatic carbocycles. The van der Waals surface area contributed by atoms with E-state index in [-0.39, 0.29) is 12.1 Å². The zero-order valence-electron chi connectivity index (χ0n) is 14.9. The van der Waals surface area contributed by atoms with Gasteiger partial charge in [-0.3, -0.25) is 0 Å². The Kier molecular flexibility index (Phi) is 4.55. The van der Waals surface area contributed by atoms with Crippen LogP contribution in [0.4, 0.5) is 10.6 Å². The predicted octanol–water partition coefficient (Wildman–Crippen LogP) is 2.52. The molecule has 1 atom stereocenters. The molecular formula is C18H25N5O. The molecule has 2 amide bonds. The third-order valence-corrected chi connectivity index (χ3v) is 4.65. The van der Waals surface area contributed by atoms with Crippen molar-refractivity contribution in [2.24, 2.45) is 0 Å². The van der Waals surface area contributed by atoms with E-state index in [0.717, 1.165) is 48.5 Å². The van der Waals surface area contributed by atoms with Gasteiger partial charge in [-0.2, -0.15) is 0 Å². The molecule has 1 saturated heterocycles. The number of hydrogen-bond acceptors (Lipinski definition) is 4. The van der Waals surface area contributed by atoms with Crippen LogP contribution in [0.5, 0.6) is 0 Å². The molecule has 2 aromatic rings. The second kappa shape index (κ2) is 6.63. The van der Waals surface area contributed by atoms with Crippen molar-refractivity contribution in [2.45, 2.75) is 25.8 Å². The van der Waals surface area contributed by atoms with Gasteiger partial charge in [-0.25, -0.2) is 14.8 Å². The van der Waals surface area contributed by atoms with Crippen molar-refractivity contribution in [3.63, 3.8) is 0 Å². The average Bonchev–Trinajstić information content (AvgIpc) is 2.59. The Bertz CT molecular complexity index is 745. The molecular weight excluding hydrogens is 302 g/mol. The molecule has 1 unspecified atom stereocenters. The Hall–Kier alpha value is -2.37. The van der Waals surface area contributed by atoms with Crippen molar-refractivity contribution in [3.8, 4) is 0 Å². The number of piperidine rings is 1. The number of aryl methyl sites for hydroxylation is 1. The second-order valence-corrected chi connectivity index (χ2v) is 6.65. The van der Waals surface area contributed by atoms with E-state index in [1.165, 1.54) is 0 Å². The van der Waals surface area contributed by atoms with Crippen LogP contribution in [0.15, 0.2) is 24.3 Å². The fraction of sp³-hybridized carbons (Fsp3) is 0.500. The topological polar surface area (TPSA) is 52.6 Å². The van der Waals surface area contributed by atoms with Gasteiger partial charge in [-0.15, -0.1) is 0 Å². The Morgan fingerprint density at radius 1 is 1.17 bits per heavy atom. The lowest BCUT2D eigenvalue weighted by molar-refractivity contribution is 0.157. The molecule has 0 aliphatic carbocycles. The lowest BCUT2D eigenvalue weighted by atomic mass is 10.0. The van der Waals surface area contributed by atoms with Gasteiger partial charge in [-0.1, -0.05) is 12.1 Å². The van der Waals surface area contributed by atoms with Crippen molar-refractivity contribution < 1.29 is 4.79 Å². The largest absolute Gasteiger partial charge is 0.353 e. The minimum atomic E-state index is 0.0446. The van der Waals surface area contributed by atoms with Gasteiger partial charge in [0.15, 0.2) is 5.82 Å². The fourth-order valence-electron chi connectivity index (χ4n) is 3.31. The summed E-state index contributed by atoms with van der Waals surface area (Å²) in [6, 6.07) is 8.19. The minimum absolute atomic E-state index is 0.0446. The molecule has 0 radical (unpaired) electrons. The molecule has 0 bridgehead atoms. The maximum absolute atomic E-state index is 12.2. The van der Waals surface area contributed by atoms with Crippen LogP contribution in [-0.2, 0) is 0 Å². The van der Waals surface area contributed by atoms with E-state index in [2.05, 4.69) is 4.90 Å². The smallest absolute Gasteiger partial charge is 0.319 e. The SMILES string of the molecule is Cc1nc2ccccc2nc1N1CCCC(N(C)C(=O)N(C)C)C1. The van der Waals surface area contributed by atoms with Crippen molar-refractivity contribution in [2.75, 3.05) is 39.1 Å². The number of nitrogens with zero attached hydrogens (tertiary/aromatic N) is 5. The van der Waals surface area contributed by atoms with Crippen molar-refractivity contribution in [1.29, 1.82) is 0 Å². The highest BCUT2D eigenvalue weighted by molar-refractivity contribution is 5.76. The zero-order valence-corrected chi connectivity index (χ0v) is 14.9. The third kappa shape index (κ3) is 3.13. The van der Waals surface area contributed by atoms with Crippen LogP contribution >= 0.6 is 0 Å². The van der Waals surface area contributed by atoms with Crippen LogP contribution in [0.1, 0.15) is 18.5 Å². The molecule has 2 heterocycles. The summed E-state index contributed by atoms with van der Waals surface area (Å²) in [6.07, 6.45) is 2.07. The van der Waals surface area contributed by atoms with Crippen molar-refractivity contribution in [3.05, 3.63) is 30.0 Å². The molecule has 24 heavy (non-hydrogen) atoms. The average molecular weight is 327 g/mol. The fourth-order valence-corrected chi connectivity index (χ4v) is 3.31. The van der Waals surface area contributed by atoms with Gasteiger partial charge in [-0.05, 0) is 31.9 Å². The third-order valence-electron chi connectivity index (χ3n) is 4.65. The molecule has 0 N–H and O–H groups in total. The molecule has 6 nitrogen and oxygen atoms in total. The van der Waals surface area contributed by atoms with E-state index in [1.807, 2.05) is 43.1 Å². The van der Waals surface area contributed by atoms with Crippen LogP contribution in [0.3, 0.4) is 0 Å². The first kappa shape index (κ1) is 16.5. The molecule has 6 heteroatoms. The number of aromatic nitrogens is 2. The van der Waals surface area contributed by atoms with E-state index in [0.29, 0.717) is 0 Å². The normalized spacial score (nSPS) is 17.8. The standard InChI is InChI=1S/C18H25N5O/c1-13-17(20-16-10-6-5-9-15(16)19-13)23-11-7-8-14(12-23)22(4)18(24)21(2)3/h5-6,9-10,14H,7-8,11-12H2,1-4H3. The number of para-hydroxylation sites is 2. The van der Waals surface area contributed by atoms with E-state index in [9.17, 15) is 4.79 Å². The summed E-state index contributed by atoms with van der Waals surface area (Å²) in [5, 5.41) is 0. The van der Waals surface area contributed by atoms with Gasteiger partial charge in [0.1, 0.15) is 0 Å². The van der Waals surface area contributed by atoms with Gasteiger partial charge < -0.3 is 14.7 Å². The molecule has 3 rings (SSSR count). The van der Waals surface area contributed by atoms with Gasteiger partial charge in [0, 0.05) is 34.2 Å². The monoisotopic (exact) mass is 327 g/mol. The summed E-state index contributed by atoms with van der Waals surface area (Å²) in [5.74, 6) is 0.934. The first-order valence-electron chi connectivity index (χ1n) is 8.40. The molecule has 1 aliphatic rings. The molecule has 1 aliphatic heterocycles. The quantitative estimate of drug-likeness (QED) is 0.850. The van der Waals surface area contributed by atoms with Crippen LogP contribution in [0.2, 0.25) is 0 Å². The van der Waals surface area contributed by atoms with Crippen LogP contribution in [0, 0.1) is 6.92 Å². The molecule has 0 spiro atoms. The lowest BCUT2D eigenvalue weighted by Gasteiger charge is -2.39. The highest BCUT2D eigenvalue weighted by Gasteiger charge is 2.28. The second-order valence-electron chi connectivity index (χ2n) is 6.65. The maximum atomic E-state index is 12.2. The number of fused-ring (bicyclic) bond motifs is 1. The number of amides is 2. The van der Waals surface area contributed by atoms with Gasteiger partial charge in [0.25, 0.3) is 0 Å². The number of rotatable bonds is 2. The van der Waals surface area contributed by atoms with Gasteiger partial charge in [0.05, 0.1) is 22.8 Å². The van der Waals surface area contributed by atoms with E-state index in [1.54, 1.807) is 19.0 Å². The summed E-state index contributed by atoms with van der Waals surface area (Å²) in [6.45, 7) is 3.76. The minimum Gasteiger partial charge on any atom is -0.353 e. The highest BCUT2D eigenvalue weighted by Crippen LogP contribution is 2.25. The Labute approximate surface area is 143 Å². The molecule has 1 fully saturated rings. The summed E-state index contributed by atoms with van der Waals surface area (Å²) >= 11 is 0. The number of likely N-dealkylation sites (N-methyl/N-ethyl adjacent to an activating group) is 1. The van der Waals surface area contributed by atoms with Crippen LogP contribution in [0.25, 0.3) is 11.0 Å². The van der Waals surface area contributed by atoms with E-state index < -0.39 is 0 Å². The van der Waals surface area contributed by atoms with Gasteiger partial charge in [0.2, 0.25) is 0 Å². The van der Waals surface area contributed by atoms with Gasteiger partial charge >= 0.3 is 6.03 Å². The Morgan fingerprint density at radius 3 is 2.50 bits per heavy atom. The highest BCUT2D eigenvalue weighted by atomic mass is 16.2. The molecule has 0 saturated carbocycles. The number of hydrogen-bond donors (Lipinski definition) is 0. The summed E-state index contributed by atoms with van der Waals surface area (Å²) in [5.41, 5.74) is 2.78. The maximum Gasteiger partial charge on any atom is 0.319 e. The van der Waals surface area contributed by atoms with Crippen molar-refractivity contribution >= 4 is 22.9 Å². The summed E-state index contributed by atoms with van der Waals surface area (Å²) < 4.78 is 0. The first-order chi connectivity index (χ1) is 11.5. The Balaban J connectivity index is 1.84. The lowest BCUT2D eigenvalue weighted by Crippen LogP contribution is -2.51. The number of urea groups is 1. The number of carbonyl (C=O) groups is 1. The number of carbonyl (C=O) groups excluding carboxylic acids is 1. The summed E-state index contributed by atoms with van der Waals surface area (Å²) in [4.78, 5) is 27.5. The number of benzene rings is 1. The predicted molar refractivity (Wildman–Crippen MR) is 96.4 cm³/mol. The van der Waals surface area contributed by atoms with Crippen LogP contribution < -0.4 is 4.90 Å². The zero-order chi connectivity index (χ0) is 17.3. The Morgan fingerprint density at radius 2 is 1.83 bits per heavy atom. The van der Waals surface area contributed by atoms with E-state index in [4.69, 9.17) is 9.97 Å². The van der Waals surface area contributed by atoms with E-state index >= 15 is 0 Å². The van der Waals surface area contributed by atoms with Crippen molar-refractivity contribution in [1.82, 2.24) is 19.8 Å². The first-order valence-corrected chi connectivity index (χ1v) is 8.40.